The number of carbonyl (C=O) groups excluding carboxylic acids is 1. The zero-order chi connectivity index (χ0) is 12.4. The number of carbonyl (C=O) groups is 1. The molecular weight excluding hydrogens is 230 g/mol. The molecule has 16 heavy (non-hydrogen) atoms. The van der Waals surface area contributed by atoms with E-state index in [1.54, 1.807) is 6.92 Å². The molecule has 0 aliphatic carbocycles. The van der Waals surface area contributed by atoms with E-state index in [9.17, 15) is 13.2 Å². The molecule has 0 aromatic heterocycles. The first-order chi connectivity index (χ1) is 7.45. The second-order valence-electron chi connectivity index (χ2n) is 3.64. The van der Waals surface area contributed by atoms with Gasteiger partial charge in [0, 0.05) is 13.0 Å². The quantitative estimate of drug-likeness (QED) is 0.491. The number of nitrogens with one attached hydrogen (secondary N) is 1. The third-order valence-electron chi connectivity index (χ3n) is 1.98. The Labute approximate surface area is 97.6 Å². The van der Waals surface area contributed by atoms with Gasteiger partial charge in [0.25, 0.3) is 0 Å². The molecule has 0 unspecified atom stereocenters. The molecule has 5 nitrogen and oxygen atoms in total. The molecule has 96 valence electrons. The van der Waals surface area contributed by atoms with Crippen LogP contribution in [0.4, 0.5) is 0 Å². The van der Waals surface area contributed by atoms with E-state index in [-0.39, 0.29) is 5.97 Å². The summed E-state index contributed by atoms with van der Waals surface area (Å²) in [6, 6.07) is 0. The highest BCUT2D eigenvalue weighted by molar-refractivity contribution is 7.88. The molecular formula is C10H21NO4S. The highest BCUT2D eigenvalue weighted by Crippen LogP contribution is 2.03. The standard InChI is InChI=1S/C10H21NO4S/c1-3-15-10(12)8-6-4-5-7-9-11-16(2,13)14/h11H,3-9H2,1-2H3. The lowest BCUT2D eigenvalue weighted by atomic mass is 10.1. The van der Waals surface area contributed by atoms with Crippen molar-refractivity contribution in [1.29, 1.82) is 0 Å². The first kappa shape index (κ1) is 15.4. The predicted molar refractivity (Wildman–Crippen MR) is 62.6 cm³/mol. The summed E-state index contributed by atoms with van der Waals surface area (Å²) in [5, 5.41) is 0. The summed E-state index contributed by atoms with van der Waals surface area (Å²) >= 11 is 0. The predicted octanol–water partition coefficient (Wildman–Crippen LogP) is 1.05. The van der Waals surface area contributed by atoms with Crippen LogP contribution in [-0.4, -0.2) is 33.8 Å². The van der Waals surface area contributed by atoms with Crippen LogP contribution in [0.1, 0.15) is 39.0 Å². The number of ether oxygens (including phenoxy) is 1. The Bertz CT molecular complexity index is 287. The SMILES string of the molecule is CCOC(=O)CCCCCCNS(C)(=O)=O. The van der Waals surface area contributed by atoms with E-state index >= 15 is 0 Å². The van der Waals surface area contributed by atoms with E-state index in [1.165, 1.54) is 0 Å². The Morgan fingerprint density at radius 2 is 1.81 bits per heavy atom. The van der Waals surface area contributed by atoms with Gasteiger partial charge >= 0.3 is 5.97 Å². The molecule has 0 atom stereocenters. The van der Waals surface area contributed by atoms with Gasteiger partial charge in [-0.3, -0.25) is 4.79 Å². The van der Waals surface area contributed by atoms with Crippen molar-refractivity contribution in [3.63, 3.8) is 0 Å². The Morgan fingerprint density at radius 1 is 1.19 bits per heavy atom. The fourth-order valence-electron chi connectivity index (χ4n) is 1.24. The number of hydrogen-bond acceptors (Lipinski definition) is 4. The zero-order valence-corrected chi connectivity index (χ0v) is 10.8. The van der Waals surface area contributed by atoms with Gasteiger partial charge < -0.3 is 4.74 Å². The van der Waals surface area contributed by atoms with Crippen molar-refractivity contribution < 1.29 is 17.9 Å². The molecule has 6 heteroatoms. The minimum Gasteiger partial charge on any atom is -0.466 e. The van der Waals surface area contributed by atoms with Crippen molar-refractivity contribution in [3.05, 3.63) is 0 Å². The van der Waals surface area contributed by atoms with Crippen LogP contribution in [0, 0.1) is 0 Å². The Kier molecular flexibility index (Phi) is 8.19. The summed E-state index contributed by atoms with van der Waals surface area (Å²) in [5.41, 5.74) is 0. The van der Waals surface area contributed by atoms with E-state index < -0.39 is 10.0 Å². The molecule has 0 radical (unpaired) electrons. The molecule has 0 bridgehead atoms. The molecule has 0 aliphatic heterocycles. The molecule has 0 fully saturated rings. The molecule has 0 heterocycles. The van der Waals surface area contributed by atoms with Crippen molar-refractivity contribution in [2.45, 2.75) is 39.0 Å². The van der Waals surface area contributed by atoms with Crippen LogP contribution in [0.25, 0.3) is 0 Å². The highest BCUT2D eigenvalue weighted by Gasteiger charge is 2.01. The summed E-state index contributed by atoms with van der Waals surface area (Å²) < 4.78 is 28.6. The molecule has 0 spiro atoms. The monoisotopic (exact) mass is 251 g/mol. The lowest BCUT2D eigenvalue weighted by molar-refractivity contribution is -0.143. The molecule has 0 saturated carbocycles. The van der Waals surface area contributed by atoms with Crippen LogP contribution in [0.2, 0.25) is 0 Å². The Morgan fingerprint density at radius 3 is 2.38 bits per heavy atom. The summed E-state index contributed by atoms with van der Waals surface area (Å²) in [4.78, 5) is 10.9. The van der Waals surface area contributed by atoms with Crippen molar-refractivity contribution in [2.75, 3.05) is 19.4 Å². The van der Waals surface area contributed by atoms with Crippen LogP contribution in [-0.2, 0) is 19.6 Å². The van der Waals surface area contributed by atoms with E-state index in [1.807, 2.05) is 0 Å². The van der Waals surface area contributed by atoms with Gasteiger partial charge in [-0.25, -0.2) is 13.1 Å². The third kappa shape index (κ3) is 11.5. The van der Waals surface area contributed by atoms with Gasteiger partial charge in [0.15, 0.2) is 0 Å². The van der Waals surface area contributed by atoms with Crippen LogP contribution in [0.15, 0.2) is 0 Å². The number of hydrogen-bond donors (Lipinski definition) is 1. The minimum absolute atomic E-state index is 0.156. The highest BCUT2D eigenvalue weighted by atomic mass is 32.2. The average Bonchev–Trinajstić information content (AvgIpc) is 2.15. The third-order valence-corrected chi connectivity index (χ3v) is 2.71. The van der Waals surface area contributed by atoms with Crippen LogP contribution >= 0.6 is 0 Å². The smallest absolute Gasteiger partial charge is 0.305 e. The fourth-order valence-corrected chi connectivity index (χ4v) is 1.75. The molecule has 0 rings (SSSR count). The van der Waals surface area contributed by atoms with E-state index in [2.05, 4.69) is 4.72 Å². The first-order valence-electron chi connectivity index (χ1n) is 5.56. The molecule has 0 aromatic carbocycles. The van der Waals surface area contributed by atoms with Crippen molar-refractivity contribution in [3.8, 4) is 0 Å². The molecule has 0 saturated heterocycles. The first-order valence-corrected chi connectivity index (χ1v) is 7.45. The van der Waals surface area contributed by atoms with Gasteiger partial charge in [0.1, 0.15) is 0 Å². The molecule has 1 N–H and O–H groups in total. The van der Waals surface area contributed by atoms with Crippen LogP contribution in [0.3, 0.4) is 0 Å². The largest absolute Gasteiger partial charge is 0.466 e. The summed E-state index contributed by atoms with van der Waals surface area (Å²) in [6.07, 6.45) is 5.04. The second-order valence-corrected chi connectivity index (χ2v) is 5.47. The topological polar surface area (TPSA) is 72.5 Å². The van der Waals surface area contributed by atoms with Gasteiger partial charge in [0.2, 0.25) is 10.0 Å². The van der Waals surface area contributed by atoms with Crippen molar-refractivity contribution in [1.82, 2.24) is 4.72 Å². The number of unbranched alkanes of at least 4 members (excludes halogenated alkanes) is 3. The molecule has 0 aliphatic rings. The lowest BCUT2D eigenvalue weighted by Gasteiger charge is -2.03. The van der Waals surface area contributed by atoms with E-state index in [4.69, 9.17) is 4.74 Å². The van der Waals surface area contributed by atoms with E-state index in [0.717, 1.165) is 31.9 Å². The van der Waals surface area contributed by atoms with Gasteiger partial charge in [-0.1, -0.05) is 12.8 Å². The van der Waals surface area contributed by atoms with Gasteiger partial charge in [0.05, 0.1) is 12.9 Å². The van der Waals surface area contributed by atoms with Crippen LogP contribution < -0.4 is 4.72 Å². The number of sulfonamides is 1. The maximum Gasteiger partial charge on any atom is 0.305 e. The van der Waals surface area contributed by atoms with Gasteiger partial charge in [-0.05, 0) is 19.8 Å². The number of esters is 1. The zero-order valence-electron chi connectivity index (χ0n) is 9.99. The van der Waals surface area contributed by atoms with E-state index in [0.29, 0.717) is 19.6 Å². The van der Waals surface area contributed by atoms with Gasteiger partial charge in [-0.2, -0.15) is 0 Å². The molecule has 0 aromatic rings. The van der Waals surface area contributed by atoms with Crippen LogP contribution in [0.5, 0.6) is 0 Å². The van der Waals surface area contributed by atoms with Gasteiger partial charge in [-0.15, -0.1) is 0 Å². The number of rotatable bonds is 9. The minimum atomic E-state index is -3.06. The average molecular weight is 251 g/mol. The Hall–Kier alpha value is -0.620. The van der Waals surface area contributed by atoms with Crippen molar-refractivity contribution >= 4 is 16.0 Å². The normalized spacial score (nSPS) is 11.4. The maximum absolute atomic E-state index is 10.9. The fraction of sp³-hybridized carbons (Fsp3) is 0.900. The maximum atomic E-state index is 10.9. The Balaban J connectivity index is 3.25. The molecule has 0 amide bonds. The summed E-state index contributed by atoms with van der Waals surface area (Å²) in [7, 11) is -3.06. The summed E-state index contributed by atoms with van der Waals surface area (Å²) in [5.74, 6) is -0.156. The lowest BCUT2D eigenvalue weighted by Crippen LogP contribution is -2.22. The van der Waals surface area contributed by atoms with Crippen molar-refractivity contribution in [2.24, 2.45) is 0 Å². The second kappa shape index (κ2) is 8.52. The summed E-state index contributed by atoms with van der Waals surface area (Å²) in [6.45, 7) is 2.68.